The minimum Gasteiger partial charge on any atom is -0.326 e. The quantitative estimate of drug-likeness (QED) is 0.655. The van der Waals surface area contributed by atoms with E-state index in [2.05, 4.69) is 10.0 Å². The summed E-state index contributed by atoms with van der Waals surface area (Å²) in [6.45, 7) is 3.26. The van der Waals surface area contributed by atoms with Gasteiger partial charge in [-0.25, -0.2) is 26.7 Å². The molecule has 0 saturated heterocycles. The molecule has 26 heavy (non-hydrogen) atoms. The molecular formula is C16H25N3O5S2. The van der Waals surface area contributed by atoms with Gasteiger partial charge < -0.3 is 5.32 Å². The first-order valence-corrected chi connectivity index (χ1v) is 11.5. The Balaban J connectivity index is 1.89. The highest BCUT2D eigenvalue weighted by Crippen LogP contribution is 2.26. The molecule has 4 N–H and O–H groups in total. The number of benzene rings is 1. The lowest BCUT2D eigenvalue weighted by molar-refractivity contribution is -0.120. The van der Waals surface area contributed by atoms with E-state index in [1.54, 1.807) is 13.8 Å². The lowest BCUT2D eigenvalue weighted by atomic mass is 9.86. The van der Waals surface area contributed by atoms with Crippen LogP contribution in [0.4, 0.5) is 5.69 Å². The van der Waals surface area contributed by atoms with Crippen LogP contribution in [0.2, 0.25) is 0 Å². The predicted octanol–water partition coefficient (Wildman–Crippen LogP) is 1.16. The van der Waals surface area contributed by atoms with Crippen LogP contribution in [0, 0.1) is 5.92 Å². The Morgan fingerprint density at radius 2 is 1.58 bits per heavy atom. The standard InChI is InChI=1S/C16H25N3O5S2/c1-11(2)26(23,24)19-14-5-3-12(4-6-14)16(20)18-13-7-9-15(10-8-13)25(17,21)22/h7-12,14,19H,3-6H2,1-2H3,(H,18,20)(H2,17,21,22). The highest BCUT2D eigenvalue weighted by molar-refractivity contribution is 7.90. The van der Waals surface area contributed by atoms with Gasteiger partial charge in [0, 0.05) is 17.6 Å². The third kappa shape index (κ3) is 5.50. The molecule has 0 atom stereocenters. The van der Waals surface area contributed by atoms with E-state index in [4.69, 9.17) is 5.14 Å². The molecule has 1 aliphatic rings. The summed E-state index contributed by atoms with van der Waals surface area (Å²) in [5.74, 6) is -0.355. The van der Waals surface area contributed by atoms with Crippen LogP contribution in [0.15, 0.2) is 29.2 Å². The van der Waals surface area contributed by atoms with Gasteiger partial charge in [0.1, 0.15) is 0 Å². The molecule has 0 unspecified atom stereocenters. The molecule has 1 saturated carbocycles. The van der Waals surface area contributed by atoms with Crippen molar-refractivity contribution in [3.05, 3.63) is 24.3 Å². The Hall–Kier alpha value is -1.49. The van der Waals surface area contributed by atoms with E-state index in [0.29, 0.717) is 31.4 Å². The van der Waals surface area contributed by atoms with Gasteiger partial charge in [0.05, 0.1) is 10.1 Å². The SMILES string of the molecule is CC(C)S(=O)(=O)NC1CCC(C(=O)Nc2ccc(S(N)(=O)=O)cc2)CC1. The average molecular weight is 404 g/mol. The van der Waals surface area contributed by atoms with Gasteiger partial charge in [0.25, 0.3) is 0 Å². The van der Waals surface area contributed by atoms with Crippen LogP contribution in [0.25, 0.3) is 0 Å². The molecule has 1 aromatic rings. The molecule has 10 heteroatoms. The van der Waals surface area contributed by atoms with Crippen LogP contribution in [-0.4, -0.2) is 34.0 Å². The summed E-state index contributed by atoms with van der Waals surface area (Å²) in [6, 6.07) is 5.51. The molecule has 0 aromatic heterocycles. The van der Waals surface area contributed by atoms with Crippen molar-refractivity contribution >= 4 is 31.6 Å². The molecule has 1 fully saturated rings. The van der Waals surface area contributed by atoms with E-state index < -0.39 is 25.3 Å². The number of rotatable bonds is 6. The Bertz CT molecular complexity index is 840. The van der Waals surface area contributed by atoms with E-state index >= 15 is 0 Å². The maximum absolute atomic E-state index is 12.4. The van der Waals surface area contributed by atoms with Gasteiger partial charge in [-0.3, -0.25) is 4.79 Å². The Morgan fingerprint density at radius 3 is 2.04 bits per heavy atom. The second-order valence-corrected chi connectivity index (χ2v) is 10.6. The summed E-state index contributed by atoms with van der Waals surface area (Å²) in [6.07, 6.45) is 2.39. The number of nitrogens with one attached hydrogen (secondary N) is 2. The van der Waals surface area contributed by atoms with Gasteiger partial charge in [-0.15, -0.1) is 0 Å². The van der Waals surface area contributed by atoms with Crippen molar-refractivity contribution in [3.8, 4) is 0 Å². The van der Waals surface area contributed by atoms with Gasteiger partial charge in [-0.05, 0) is 63.8 Å². The molecule has 1 aliphatic carbocycles. The van der Waals surface area contributed by atoms with Gasteiger partial charge in [-0.2, -0.15) is 0 Å². The van der Waals surface area contributed by atoms with Crippen molar-refractivity contribution in [3.63, 3.8) is 0 Å². The Morgan fingerprint density at radius 1 is 1.04 bits per heavy atom. The second-order valence-electron chi connectivity index (χ2n) is 6.82. The summed E-state index contributed by atoms with van der Waals surface area (Å²) in [7, 11) is -7.07. The fraction of sp³-hybridized carbons (Fsp3) is 0.562. The minimum absolute atomic E-state index is 0.0200. The molecule has 0 heterocycles. The molecule has 1 amide bonds. The number of carbonyl (C=O) groups excluding carboxylic acids is 1. The van der Waals surface area contributed by atoms with Crippen LogP contribution in [0.3, 0.4) is 0 Å². The van der Waals surface area contributed by atoms with Crippen molar-refractivity contribution in [1.29, 1.82) is 0 Å². The zero-order valence-corrected chi connectivity index (χ0v) is 16.4. The highest BCUT2D eigenvalue weighted by atomic mass is 32.2. The maximum Gasteiger partial charge on any atom is 0.238 e. The third-order valence-corrected chi connectivity index (χ3v) is 7.33. The summed E-state index contributed by atoms with van der Waals surface area (Å²) >= 11 is 0. The first-order chi connectivity index (χ1) is 12.0. The predicted molar refractivity (Wildman–Crippen MR) is 99.4 cm³/mol. The molecule has 8 nitrogen and oxygen atoms in total. The number of primary sulfonamides is 1. The van der Waals surface area contributed by atoms with Gasteiger partial charge in [0.15, 0.2) is 0 Å². The van der Waals surface area contributed by atoms with E-state index in [1.165, 1.54) is 24.3 Å². The van der Waals surface area contributed by atoms with Crippen molar-refractivity contribution in [1.82, 2.24) is 4.72 Å². The zero-order valence-electron chi connectivity index (χ0n) is 14.8. The van der Waals surface area contributed by atoms with Gasteiger partial charge in [-0.1, -0.05) is 0 Å². The summed E-state index contributed by atoms with van der Waals surface area (Å²) in [5.41, 5.74) is 0.491. The fourth-order valence-corrected chi connectivity index (χ4v) is 4.30. The second kappa shape index (κ2) is 8.03. The Kier molecular flexibility index (Phi) is 6.43. The van der Waals surface area contributed by atoms with Crippen LogP contribution >= 0.6 is 0 Å². The molecule has 0 spiro atoms. The third-order valence-electron chi connectivity index (χ3n) is 4.50. The zero-order chi connectivity index (χ0) is 19.5. The lowest BCUT2D eigenvalue weighted by Crippen LogP contribution is -2.42. The fourth-order valence-electron chi connectivity index (χ4n) is 2.81. The summed E-state index contributed by atoms with van der Waals surface area (Å²) < 4.78 is 49.0. The molecule has 0 radical (unpaired) electrons. The highest BCUT2D eigenvalue weighted by Gasteiger charge is 2.29. The van der Waals surface area contributed by atoms with Crippen LogP contribution in [0.5, 0.6) is 0 Å². The van der Waals surface area contributed by atoms with Crippen LogP contribution in [0.1, 0.15) is 39.5 Å². The summed E-state index contributed by atoms with van der Waals surface area (Å²) in [5, 5.41) is 7.31. The summed E-state index contributed by atoms with van der Waals surface area (Å²) in [4.78, 5) is 12.3. The number of nitrogens with two attached hydrogens (primary N) is 1. The number of anilines is 1. The van der Waals surface area contributed by atoms with Crippen molar-refractivity contribution < 1.29 is 21.6 Å². The van der Waals surface area contributed by atoms with Crippen molar-refractivity contribution in [2.75, 3.05) is 5.32 Å². The van der Waals surface area contributed by atoms with Crippen molar-refractivity contribution in [2.24, 2.45) is 11.1 Å². The van der Waals surface area contributed by atoms with Crippen LogP contribution < -0.4 is 15.2 Å². The molecule has 1 aromatic carbocycles. The first-order valence-electron chi connectivity index (χ1n) is 8.44. The van der Waals surface area contributed by atoms with Gasteiger partial charge in [0.2, 0.25) is 26.0 Å². The Labute approximate surface area is 154 Å². The number of sulfonamides is 2. The maximum atomic E-state index is 12.4. The molecule has 146 valence electrons. The van der Waals surface area contributed by atoms with E-state index in [0.717, 1.165) is 0 Å². The number of carbonyl (C=O) groups is 1. The lowest BCUT2D eigenvalue weighted by Gasteiger charge is -2.28. The minimum atomic E-state index is -3.76. The number of hydrogen-bond donors (Lipinski definition) is 3. The molecular weight excluding hydrogens is 378 g/mol. The first kappa shape index (κ1) is 20.8. The molecule has 0 bridgehead atoms. The van der Waals surface area contributed by atoms with E-state index in [1.807, 2.05) is 0 Å². The number of hydrogen-bond acceptors (Lipinski definition) is 5. The van der Waals surface area contributed by atoms with Crippen LogP contribution in [-0.2, 0) is 24.8 Å². The van der Waals surface area contributed by atoms with E-state index in [9.17, 15) is 21.6 Å². The average Bonchev–Trinajstić information content (AvgIpc) is 2.54. The smallest absolute Gasteiger partial charge is 0.238 e. The van der Waals surface area contributed by atoms with Gasteiger partial charge >= 0.3 is 0 Å². The van der Waals surface area contributed by atoms with Crippen molar-refractivity contribution in [2.45, 2.75) is 55.7 Å². The monoisotopic (exact) mass is 403 g/mol. The molecule has 0 aliphatic heterocycles. The number of amides is 1. The molecule has 2 rings (SSSR count). The van der Waals surface area contributed by atoms with E-state index in [-0.39, 0.29) is 22.8 Å². The normalized spacial score (nSPS) is 21.5. The largest absolute Gasteiger partial charge is 0.326 e. The topological polar surface area (TPSA) is 135 Å².